The highest BCUT2D eigenvalue weighted by molar-refractivity contribution is 14.1. The molecule has 1 aliphatic heterocycles. The van der Waals surface area contributed by atoms with E-state index in [2.05, 4.69) is 84.2 Å². The van der Waals surface area contributed by atoms with Gasteiger partial charge in [-0.25, -0.2) is 0 Å². The third-order valence-electron chi connectivity index (χ3n) is 8.68. The van der Waals surface area contributed by atoms with E-state index in [-0.39, 0.29) is 47.1 Å². The highest BCUT2D eigenvalue weighted by Crippen LogP contribution is 2.41. The number of benzene rings is 1. The Kier molecular flexibility index (Phi) is 13.7. The van der Waals surface area contributed by atoms with Gasteiger partial charge in [0.1, 0.15) is 11.5 Å². The quantitative estimate of drug-likeness (QED) is 0.146. The fraction of sp³-hybridized carbons (Fsp3) is 0.719. The van der Waals surface area contributed by atoms with E-state index in [4.69, 9.17) is 18.6 Å². The van der Waals surface area contributed by atoms with Crippen LogP contribution in [-0.2, 0) is 25.3 Å². The molecule has 222 valence electrons. The number of halogens is 1. The molecule has 1 aliphatic rings. The number of methoxy groups -OCH3 is 1. The number of carbonyl (C=O) groups excluding carboxylic acids is 1. The molecule has 1 fully saturated rings. The van der Waals surface area contributed by atoms with Gasteiger partial charge in [-0.2, -0.15) is 0 Å². The summed E-state index contributed by atoms with van der Waals surface area (Å²) in [5, 5.41) is 0.129. The molecule has 0 N–H and O–H groups in total. The first-order valence-electron chi connectivity index (χ1n) is 14.6. The van der Waals surface area contributed by atoms with E-state index in [1.54, 1.807) is 7.11 Å². The molecule has 0 aromatic heterocycles. The van der Waals surface area contributed by atoms with E-state index in [0.717, 1.165) is 24.2 Å². The summed E-state index contributed by atoms with van der Waals surface area (Å²) in [5.41, 5.74) is 1.08. The fourth-order valence-corrected chi connectivity index (χ4v) is 6.92. The van der Waals surface area contributed by atoms with Crippen LogP contribution in [0.15, 0.2) is 34.4 Å². The molecule has 1 aromatic rings. The Hall–Kier alpha value is -0.743. The zero-order valence-corrected chi connectivity index (χ0v) is 29.1. The zero-order valence-electron chi connectivity index (χ0n) is 26.0. The largest absolute Gasteiger partial charge is 0.497 e. The van der Waals surface area contributed by atoms with Crippen LogP contribution in [0.5, 0.6) is 5.75 Å². The molecule has 1 heterocycles. The molecule has 0 spiro atoms. The number of ether oxygens (including phenoxy) is 3. The molecule has 0 aliphatic carbocycles. The van der Waals surface area contributed by atoms with Crippen molar-refractivity contribution in [3.05, 3.63) is 40.0 Å². The minimum atomic E-state index is -1.97. The van der Waals surface area contributed by atoms with Crippen LogP contribution in [-0.4, -0.2) is 45.6 Å². The maximum atomic E-state index is 13.3. The van der Waals surface area contributed by atoms with Crippen LogP contribution in [0.3, 0.4) is 0 Å². The van der Waals surface area contributed by atoms with Gasteiger partial charge in [-0.15, -0.1) is 0 Å². The van der Waals surface area contributed by atoms with Gasteiger partial charge < -0.3 is 18.6 Å². The molecule has 1 aromatic carbocycles. The lowest BCUT2D eigenvalue weighted by molar-refractivity contribution is -0.159. The normalized spacial score (nSPS) is 24.9. The van der Waals surface area contributed by atoms with Crippen molar-refractivity contribution in [1.82, 2.24) is 0 Å². The summed E-state index contributed by atoms with van der Waals surface area (Å²) in [7, 11) is -0.308. The smallest absolute Gasteiger partial charge is 0.192 e. The van der Waals surface area contributed by atoms with Crippen molar-refractivity contribution in [2.24, 2.45) is 17.8 Å². The fourth-order valence-electron chi connectivity index (χ4n) is 5.17. The molecule has 5 nitrogen and oxygen atoms in total. The summed E-state index contributed by atoms with van der Waals surface area (Å²) in [5.74, 6) is 1.71. The lowest BCUT2D eigenvalue weighted by Crippen LogP contribution is -2.54. The standard InChI is InChI=1S/C32H53IO5Si/c1-11-28-23(3)20-30(38-39(9,10)32(5,6)7)31(37-28)24(4)19-26(34)18-22(2)29(16-17-33)36-21-25-12-14-27(35-8)15-13-25/h12-17,22-24,28-31H,11,18-21H2,1-10H3/b17-16+/t22-,23+,24-,28+,29+,30-,31-/m0/s1. The Morgan fingerprint density at radius 2 is 1.82 bits per heavy atom. The number of Topliss-reactive ketones (excluding diaryl/α,β-unsaturated/α-hetero) is 1. The first-order valence-corrected chi connectivity index (χ1v) is 18.7. The van der Waals surface area contributed by atoms with Crippen molar-refractivity contribution >= 4 is 36.7 Å². The van der Waals surface area contributed by atoms with Crippen LogP contribution in [0, 0.1) is 17.8 Å². The molecular weight excluding hydrogens is 619 g/mol. The Labute approximate surface area is 253 Å². The van der Waals surface area contributed by atoms with Crippen LogP contribution in [0.1, 0.15) is 79.7 Å². The van der Waals surface area contributed by atoms with Crippen LogP contribution >= 0.6 is 22.6 Å². The molecule has 2 rings (SSSR count). The molecule has 0 bridgehead atoms. The maximum Gasteiger partial charge on any atom is 0.192 e. The summed E-state index contributed by atoms with van der Waals surface area (Å²) in [6.07, 6.45) is 5.06. The molecule has 7 atom stereocenters. The molecule has 0 unspecified atom stereocenters. The monoisotopic (exact) mass is 672 g/mol. The minimum Gasteiger partial charge on any atom is -0.497 e. The summed E-state index contributed by atoms with van der Waals surface area (Å²) < 4.78 is 27.1. The van der Waals surface area contributed by atoms with E-state index in [1.807, 2.05) is 34.4 Å². The van der Waals surface area contributed by atoms with E-state index in [9.17, 15) is 4.79 Å². The van der Waals surface area contributed by atoms with Gasteiger partial charge in [0.2, 0.25) is 0 Å². The van der Waals surface area contributed by atoms with Crippen molar-refractivity contribution in [3.8, 4) is 5.75 Å². The molecule has 7 heteroatoms. The number of ketones is 1. The third-order valence-corrected chi connectivity index (χ3v) is 13.6. The maximum absolute atomic E-state index is 13.3. The number of hydrogen-bond donors (Lipinski definition) is 0. The van der Waals surface area contributed by atoms with Gasteiger partial charge in [-0.05, 0) is 76.6 Å². The Morgan fingerprint density at radius 3 is 2.36 bits per heavy atom. The molecule has 0 amide bonds. The van der Waals surface area contributed by atoms with Gasteiger partial charge in [-0.1, -0.05) is 83.2 Å². The van der Waals surface area contributed by atoms with E-state index < -0.39 is 8.32 Å². The second-order valence-electron chi connectivity index (χ2n) is 13.0. The predicted octanol–water partition coefficient (Wildman–Crippen LogP) is 8.74. The van der Waals surface area contributed by atoms with Gasteiger partial charge in [0.15, 0.2) is 8.32 Å². The number of carbonyl (C=O) groups is 1. The summed E-state index contributed by atoms with van der Waals surface area (Å²) >= 11 is 2.22. The Bertz CT molecular complexity index is 910. The minimum absolute atomic E-state index is 0.0337. The Morgan fingerprint density at radius 1 is 1.18 bits per heavy atom. The average Bonchev–Trinajstić information content (AvgIpc) is 2.85. The molecular formula is C32H53IO5Si. The van der Waals surface area contributed by atoms with Crippen LogP contribution < -0.4 is 4.74 Å². The van der Waals surface area contributed by atoms with Crippen molar-refractivity contribution in [2.45, 2.75) is 123 Å². The van der Waals surface area contributed by atoms with E-state index in [0.29, 0.717) is 25.4 Å². The summed E-state index contributed by atoms with van der Waals surface area (Å²) in [6.45, 7) is 20.7. The van der Waals surface area contributed by atoms with Crippen molar-refractivity contribution < 1.29 is 23.4 Å². The van der Waals surface area contributed by atoms with E-state index >= 15 is 0 Å². The second kappa shape index (κ2) is 15.5. The summed E-state index contributed by atoms with van der Waals surface area (Å²) in [4.78, 5) is 13.3. The second-order valence-corrected chi connectivity index (χ2v) is 18.5. The topological polar surface area (TPSA) is 54.0 Å². The van der Waals surface area contributed by atoms with Crippen molar-refractivity contribution in [1.29, 1.82) is 0 Å². The zero-order chi connectivity index (χ0) is 29.4. The highest BCUT2D eigenvalue weighted by Gasteiger charge is 2.45. The van der Waals surface area contributed by atoms with Gasteiger partial charge in [-0.3, -0.25) is 4.79 Å². The lowest BCUT2D eigenvalue weighted by Gasteiger charge is -2.47. The SMILES string of the molecule is CC[C@H]1O[C@@H]([C@@H](C)CC(=O)C[C@H](C)[C@@H](/C=C/I)OCc2ccc(OC)cc2)[C@@H](O[Si](C)(C)C(C)(C)C)C[C@H]1C. The van der Waals surface area contributed by atoms with Crippen molar-refractivity contribution in [2.75, 3.05) is 7.11 Å². The lowest BCUT2D eigenvalue weighted by atomic mass is 9.83. The molecule has 0 saturated carbocycles. The third kappa shape index (κ3) is 10.2. The molecule has 39 heavy (non-hydrogen) atoms. The number of rotatable bonds is 14. The number of hydrogen-bond acceptors (Lipinski definition) is 5. The van der Waals surface area contributed by atoms with Gasteiger partial charge >= 0.3 is 0 Å². The Balaban J connectivity index is 2.04. The van der Waals surface area contributed by atoms with Crippen molar-refractivity contribution in [3.63, 3.8) is 0 Å². The van der Waals surface area contributed by atoms with Gasteiger partial charge in [0.05, 0.1) is 38.1 Å². The first-order chi connectivity index (χ1) is 18.2. The van der Waals surface area contributed by atoms with Crippen LogP contribution in [0.25, 0.3) is 0 Å². The molecule has 0 radical (unpaired) electrons. The van der Waals surface area contributed by atoms with Crippen LogP contribution in [0.4, 0.5) is 0 Å². The first kappa shape index (κ1) is 34.5. The molecule has 1 saturated heterocycles. The average molecular weight is 673 g/mol. The van der Waals surface area contributed by atoms with Gasteiger partial charge in [0.25, 0.3) is 0 Å². The van der Waals surface area contributed by atoms with E-state index in [1.165, 1.54) is 0 Å². The predicted molar refractivity (Wildman–Crippen MR) is 172 cm³/mol. The van der Waals surface area contributed by atoms with Gasteiger partial charge in [0, 0.05) is 12.8 Å². The highest BCUT2D eigenvalue weighted by atomic mass is 127. The van der Waals surface area contributed by atoms with Crippen LogP contribution in [0.2, 0.25) is 18.1 Å². The summed E-state index contributed by atoms with van der Waals surface area (Å²) in [6, 6.07) is 7.90.